The third-order valence-electron chi connectivity index (χ3n) is 2.58. The van der Waals surface area contributed by atoms with Gasteiger partial charge in [-0.1, -0.05) is 37.3 Å². The normalized spacial score (nSPS) is 11.6. The molecule has 0 aliphatic heterocycles. The van der Waals surface area contributed by atoms with Crippen molar-refractivity contribution in [2.24, 2.45) is 5.92 Å². The molecule has 0 aromatic heterocycles. The topological polar surface area (TPSA) is 55.4 Å². The van der Waals surface area contributed by atoms with E-state index in [0.29, 0.717) is 13.0 Å². The molecule has 98 valence electrons. The van der Waals surface area contributed by atoms with E-state index in [1.54, 1.807) is 0 Å². The van der Waals surface area contributed by atoms with Gasteiger partial charge in [-0.05, 0) is 17.9 Å². The minimum absolute atomic E-state index is 0.273. The van der Waals surface area contributed by atoms with Crippen LogP contribution >= 0.6 is 0 Å². The molecule has 1 amide bonds. The average molecular weight is 249 g/mol. The Labute approximate surface area is 107 Å². The Bertz CT molecular complexity index is 365. The Morgan fingerprint density at radius 1 is 1.39 bits per heavy atom. The zero-order chi connectivity index (χ0) is 13.2. The molecule has 4 nitrogen and oxygen atoms in total. The van der Waals surface area contributed by atoms with E-state index in [-0.39, 0.29) is 12.5 Å². The van der Waals surface area contributed by atoms with E-state index in [1.807, 2.05) is 37.3 Å². The largest absolute Gasteiger partial charge is 0.445 e. The first-order valence-corrected chi connectivity index (χ1v) is 6.10. The van der Waals surface area contributed by atoms with Gasteiger partial charge in [0.1, 0.15) is 12.9 Å². The van der Waals surface area contributed by atoms with Crippen molar-refractivity contribution in [2.45, 2.75) is 26.4 Å². The minimum atomic E-state index is -0.420. The summed E-state index contributed by atoms with van der Waals surface area (Å²) in [6.07, 6.45) is 1.78. The zero-order valence-corrected chi connectivity index (χ0v) is 10.6. The van der Waals surface area contributed by atoms with Gasteiger partial charge in [-0.3, -0.25) is 0 Å². The maximum atomic E-state index is 11.4. The summed E-state index contributed by atoms with van der Waals surface area (Å²) < 4.78 is 5.06. The molecule has 0 spiro atoms. The fourth-order valence-corrected chi connectivity index (χ4v) is 1.49. The number of nitrogens with one attached hydrogen (secondary N) is 1. The van der Waals surface area contributed by atoms with Gasteiger partial charge < -0.3 is 14.8 Å². The summed E-state index contributed by atoms with van der Waals surface area (Å²) in [7, 11) is 0. The SMILES string of the molecule is C[C@H](CCC=O)CNC(=O)OCc1ccccc1. The highest BCUT2D eigenvalue weighted by Gasteiger charge is 2.06. The first-order valence-electron chi connectivity index (χ1n) is 6.10. The number of rotatable bonds is 7. The highest BCUT2D eigenvalue weighted by Crippen LogP contribution is 2.03. The standard InChI is InChI=1S/C14H19NO3/c1-12(6-5-9-16)10-15-14(17)18-11-13-7-3-2-4-8-13/h2-4,7-9,12H,5-6,10-11H2,1H3,(H,15,17)/t12-/m1/s1. The number of alkyl carbamates (subject to hydrolysis) is 1. The monoisotopic (exact) mass is 249 g/mol. The van der Waals surface area contributed by atoms with Gasteiger partial charge in [0.25, 0.3) is 0 Å². The summed E-state index contributed by atoms with van der Waals surface area (Å²) in [6, 6.07) is 9.52. The molecule has 1 aromatic carbocycles. The average Bonchev–Trinajstić information content (AvgIpc) is 2.41. The van der Waals surface area contributed by atoms with Crippen molar-refractivity contribution in [3.05, 3.63) is 35.9 Å². The lowest BCUT2D eigenvalue weighted by molar-refractivity contribution is -0.108. The molecule has 0 aliphatic rings. The summed E-state index contributed by atoms with van der Waals surface area (Å²) in [6.45, 7) is 2.79. The highest BCUT2D eigenvalue weighted by molar-refractivity contribution is 5.67. The van der Waals surface area contributed by atoms with E-state index in [0.717, 1.165) is 18.3 Å². The molecule has 1 rings (SSSR count). The lowest BCUT2D eigenvalue weighted by Crippen LogP contribution is -2.28. The molecule has 1 atom stereocenters. The number of ether oxygens (including phenoxy) is 1. The molecule has 0 heterocycles. The maximum Gasteiger partial charge on any atom is 0.407 e. The molecular formula is C14H19NO3. The van der Waals surface area contributed by atoms with Crippen LogP contribution in [-0.4, -0.2) is 18.9 Å². The minimum Gasteiger partial charge on any atom is -0.445 e. The second-order valence-corrected chi connectivity index (χ2v) is 4.29. The lowest BCUT2D eigenvalue weighted by Gasteiger charge is -2.11. The summed E-state index contributed by atoms with van der Waals surface area (Å²) in [5, 5.41) is 2.68. The van der Waals surface area contributed by atoms with Crippen LogP contribution < -0.4 is 5.32 Å². The Balaban J connectivity index is 2.16. The van der Waals surface area contributed by atoms with Crippen LogP contribution in [0.15, 0.2) is 30.3 Å². The Morgan fingerprint density at radius 2 is 2.11 bits per heavy atom. The second kappa shape index (κ2) is 8.28. The van der Waals surface area contributed by atoms with Crippen LogP contribution in [0.2, 0.25) is 0 Å². The quantitative estimate of drug-likeness (QED) is 0.755. The van der Waals surface area contributed by atoms with Crippen molar-refractivity contribution < 1.29 is 14.3 Å². The summed E-state index contributed by atoms with van der Waals surface area (Å²) >= 11 is 0. The number of carbonyl (C=O) groups excluding carboxylic acids is 2. The second-order valence-electron chi connectivity index (χ2n) is 4.29. The third-order valence-corrected chi connectivity index (χ3v) is 2.58. The van der Waals surface area contributed by atoms with Crippen LogP contribution in [0.1, 0.15) is 25.3 Å². The summed E-state index contributed by atoms with van der Waals surface area (Å²) in [5.41, 5.74) is 0.960. The molecule has 0 fully saturated rings. The zero-order valence-electron chi connectivity index (χ0n) is 10.6. The molecule has 0 aliphatic carbocycles. The number of hydrogen-bond donors (Lipinski definition) is 1. The van der Waals surface area contributed by atoms with Crippen LogP contribution in [0, 0.1) is 5.92 Å². The Morgan fingerprint density at radius 3 is 2.78 bits per heavy atom. The summed E-state index contributed by atoms with van der Waals surface area (Å²) in [4.78, 5) is 21.6. The molecule has 4 heteroatoms. The number of amides is 1. The highest BCUT2D eigenvalue weighted by atomic mass is 16.5. The van der Waals surface area contributed by atoms with Crippen LogP contribution in [0.3, 0.4) is 0 Å². The van der Waals surface area contributed by atoms with E-state index in [2.05, 4.69) is 5.32 Å². The van der Waals surface area contributed by atoms with Gasteiger partial charge in [-0.2, -0.15) is 0 Å². The summed E-state index contributed by atoms with van der Waals surface area (Å²) in [5.74, 6) is 0.277. The predicted molar refractivity (Wildman–Crippen MR) is 69.1 cm³/mol. The maximum absolute atomic E-state index is 11.4. The van der Waals surface area contributed by atoms with E-state index in [4.69, 9.17) is 4.74 Å². The molecule has 0 radical (unpaired) electrons. The van der Waals surface area contributed by atoms with Crippen LogP contribution in [0.5, 0.6) is 0 Å². The molecular weight excluding hydrogens is 230 g/mol. The number of aldehydes is 1. The van der Waals surface area contributed by atoms with Crippen molar-refractivity contribution in [3.63, 3.8) is 0 Å². The molecule has 18 heavy (non-hydrogen) atoms. The van der Waals surface area contributed by atoms with Crippen molar-refractivity contribution in [2.75, 3.05) is 6.54 Å². The molecule has 1 aromatic rings. The molecule has 0 unspecified atom stereocenters. The van der Waals surface area contributed by atoms with Crippen molar-refractivity contribution in [1.29, 1.82) is 0 Å². The van der Waals surface area contributed by atoms with Crippen LogP contribution in [0.4, 0.5) is 4.79 Å². The van der Waals surface area contributed by atoms with Gasteiger partial charge in [0, 0.05) is 13.0 Å². The van der Waals surface area contributed by atoms with E-state index in [1.165, 1.54) is 0 Å². The first kappa shape index (κ1) is 14.2. The van der Waals surface area contributed by atoms with E-state index < -0.39 is 6.09 Å². The first-order chi connectivity index (χ1) is 8.72. The van der Waals surface area contributed by atoms with E-state index in [9.17, 15) is 9.59 Å². The van der Waals surface area contributed by atoms with Crippen LogP contribution in [-0.2, 0) is 16.1 Å². The lowest BCUT2D eigenvalue weighted by atomic mass is 10.1. The van der Waals surface area contributed by atoms with Gasteiger partial charge in [-0.25, -0.2) is 4.79 Å². The van der Waals surface area contributed by atoms with Crippen molar-refractivity contribution >= 4 is 12.4 Å². The van der Waals surface area contributed by atoms with Gasteiger partial charge in [0.05, 0.1) is 0 Å². The Kier molecular flexibility index (Phi) is 6.54. The van der Waals surface area contributed by atoms with Crippen molar-refractivity contribution in [1.82, 2.24) is 5.32 Å². The fraction of sp³-hybridized carbons (Fsp3) is 0.429. The smallest absolute Gasteiger partial charge is 0.407 e. The Hall–Kier alpha value is -1.84. The molecule has 0 bridgehead atoms. The van der Waals surface area contributed by atoms with Gasteiger partial charge in [-0.15, -0.1) is 0 Å². The van der Waals surface area contributed by atoms with Crippen LogP contribution in [0.25, 0.3) is 0 Å². The van der Waals surface area contributed by atoms with Gasteiger partial charge in [0.2, 0.25) is 0 Å². The van der Waals surface area contributed by atoms with E-state index >= 15 is 0 Å². The predicted octanol–water partition coefficient (Wildman–Crippen LogP) is 2.53. The van der Waals surface area contributed by atoms with Gasteiger partial charge in [0.15, 0.2) is 0 Å². The molecule has 0 saturated heterocycles. The molecule has 1 N–H and O–H groups in total. The fourth-order valence-electron chi connectivity index (χ4n) is 1.49. The number of benzene rings is 1. The number of carbonyl (C=O) groups is 2. The molecule has 0 saturated carbocycles. The third kappa shape index (κ3) is 6.03. The van der Waals surface area contributed by atoms with Crippen molar-refractivity contribution in [3.8, 4) is 0 Å². The number of hydrogen-bond acceptors (Lipinski definition) is 3. The van der Waals surface area contributed by atoms with Gasteiger partial charge >= 0.3 is 6.09 Å².